The van der Waals surface area contributed by atoms with Gasteiger partial charge >= 0.3 is 0 Å². The van der Waals surface area contributed by atoms with Gasteiger partial charge in [-0.15, -0.1) is 0 Å². The highest BCUT2D eigenvalue weighted by Crippen LogP contribution is 2.33. The maximum atomic E-state index is 13.5. The summed E-state index contributed by atoms with van der Waals surface area (Å²) >= 11 is 6.60. The quantitative estimate of drug-likeness (QED) is 0.137. The van der Waals surface area contributed by atoms with Crippen LogP contribution in [0.15, 0.2) is 54.7 Å². The zero-order chi connectivity index (χ0) is 33.3. The monoisotopic (exact) mass is 668 g/mol. The molecule has 5 N–H and O–H groups in total. The van der Waals surface area contributed by atoms with E-state index in [0.29, 0.717) is 30.0 Å². The maximum Gasteiger partial charge on any atom is 0.244 e. The molecule has 2 aromatic heterocycles. The lowest BCUT2D eigenvalue weighted by molar-refractivity contribution is -0.116. The predicted molar refractivity (Wildman–Crippen MR) is 195 cm³/mol. The highest BCUT2D eigenvalue weighted by molar-refractivity contribution is 6.32. The second-order valence-electron chi connectivity index (χ2n) is 12.6. The van der Waals surface area contributed by atoms with Gasteiger partial charge in [-0.25, -0.2) is 9.97 Å². The van der Waals surface area contributed by atoms with Crippen molar-refractivity contribution < 1.29 is 9.59 Å². The molecule has 2 aliphatic rings. The number of aryl methyl sites for hydroxylation is 2. The number of imidazole rings is 2. The summed E-state index contributed by atoms with van der Waals surface area (Å²) in [6.45, 7) is 3.39. The van der Waals surface area contributed by atoms with Gasteiger partial charge in [0.2, 0.25) is 23.7 Å². The molecule has 0 radical (unpaired) electrons. The number of H-pyrrole nitrogens is 2. The topological polar surface area (TPSA) is 131 Å². The van der Waals surface area contributed by atoms with Gasteiger partial charge in [-0.3, -0.25) is 9.59 Å². The van der Waals surface area contributed by atoms with Crippen LogP contribution in [0.5, 0.6) is 0 Å². The van der Waals surface area contributed by atoms with Crippen molar-refractivity contribution in [1.29, 1.82) is 0 Å². The molecule has 2 aromatic carbocycles. The standard InChI is InChI=1S/C37H45ClN8O2/c1-2-32(47)41-27-15-17-29-25(21-27)13-9-6-4-8-12-20-46(37-40-23-31(29)43-37)24-33(48)42-28-16-18-30-26(22-28)14-10-5-3-7-11-19-39-36-44-34(30)35(38)45-36/h8,12,15-18,21-23H,2-7,9-11,13-14,19-20,24H2,1H3,(H,40,43)(H,41,47)(H,42,48)(H2,39,44,45)/b12-8+. The van der Waals surface area contributed by atoms with E-state index in [2.05, 4.69) is 50.2 Å². The van der Waals surface area contributed by atoms with Crippen molar-refractivity contribution in [2.45, 2.75) is 77.6 Å². The van der Waals surface area contributed by atoms with E-state index in [4.69, 9.17) is 21.6 Å². The van der Waals surface area contributed by atoms with E-state index >= 15 is 0 Å². The van der Waals surface area contributed by atoms with Crippen LogP contribution >= 0.6 is 11.6 Å². The van der Waals surface area contributed by atoms with Crippen LogP contribution in [-0.2, 0) is 22.4 Å². The Morgan fingerprint density at radius 2 is 1.56 bits per heavy atom. The molecule has 6 rings (SSSR count). The molecule has 0 saturated carbocycles. The van der Waals surface area contributed by atoms with Crippen molar-refractivity contribution in [3.8, 4) is 22.5 Å². The number of rotatable bonds is 5. The molecule has 0 fully saturated rings. The number of halogens is 1. The molecule has 10 nitrogen and oxygen atoms in total. The molecule has 2 aliphatic heterocycles. The third kappa shape index (κ3) is 8.47. The molecule has 0 unspecified atom stereocenters. The molecular weight excluding hydrogens is 624 g/mol. The summed E-state index contributed by atoms with van der Waals surface area (Å²) in [6, 6.07) is 12.0. The number of benzene rings is 2. The van der Waals surface area contributed by atoms with Crippen LogP contribution < -0.4 is 20.9 Å². The van der Waals surface area contributed by atoms with Crippen molar-refractivity contribution in [2.75, 3.05) is 40.5 Å². The molecule has 48 heavy (non-hydrogen) atoms. The molecule has 0 aliphatic carbocycles. The third-order valence-corrected chi connectivity index (χ3v) is 9.24. The van der Waals surface area contributed by atoms with Crippen LogP contribution in [0.1, 0.15) is 75.8 Å². The molecule has 0 spiro atoms. The van der Waals surface area contributed by atoms with Gasteiger partial charge in [-0.2, -0.15) is 0 Å². The van der Waals surface area contributed by atoms with Gasteiger partial charge in [0, 0.05) is 48.2 Å². The molecule has 0 saturated heterocycles. The Kier molecular flexibility index (Phi) is 11.1. The zero-order valence-corrected chi connectivity index (χ0v) is 28.4. The minimum absolute atomic E-state index is 0.00717. The number of carbonyl (C=O) groups excluding carboxylic acids is 2. The van der Waals surface area contributed by atoms with Crippen LogP contribution in [0.3, 0.4) is 0 Å². The molecule has 4 bridgehead atoms. The number of nitrogens with zero attached hydrogens (tertiary/aromatic N) is 3. The largest absolute Gasteiger partial charge is 0.356 e. The Bertz CT molecular complexity index is 1760. The Balaban J connectivity index is 1.21. The number of nitrogens with one attached hydrogen (secondary N) is 5. The molecule has 4 aromatic rings. The Labute approximate surface area is 287 Å². The van der Waals surface area contributed by atoms with Gasteiger partial charge in [-0.1, -0.05) is 62.1 Å². The van der Waals surface area contributed by atoms with Crippen LogP contribution in [0, 0.1) is 0 Å². The SMILES string of the molecule is CCC(=O)Nc1ccc2c(c1)CCCC/C=C/CN(CC(=O)Nc1ccc3c(c1)CCCCCCCNc1nc-3c(Cl)[nH]1)c1nc-2c[nH]1. The summed E-state index contributed by atoms with van der Waals surface area (Å²) in [6.07, 6.45) is 17.1. The van der Waals surface area contributed by atoms with Crippen LogP contribution in [0.4, 0.5) is 23.3 Å². The normalized spacial score (nSPS) is 16.2. The first-order valence-corrected chi connectivity index (χ1v) is 17.7. The van der Waals surface area contributed by atoms with Crippen LogP contribution in [0.25, 0.3) is 22.5 Å². The molecule has 2 amide bonds. The number of aromatic nitrogens is 4. The average Bonchev–Trinajstić information content (AvgIpc) is 3.71. The summed E-state index contributed by atoms with van der Waals surface area (Å²) in [5, 5.41) is 9.98. The molecular formula is C37H45ClN8O2. The summed E-state index contributed by atoms with van der Waals surface area (Å²) in [4.78, 5) is 43.7. The van der Waals surface area contributed by atoms with E-state index in [1.54, 1.807) is 0 Å². The zero-order valence-electron chi connectivity index (χ0n) is 27.6. The summed E-state index contributed by atoms with van der Waals surface area (Å²) in [5.41, 5.74) is 7.35. The van der Waals surface area contributed by atoms with Gasteiger partial charge in [0.05, 0.1) is 5.69 Å². The first kappa shape index (κ1) is 33.3. The Hall–Kier alpha value is -4.57. The van der Waals surface area contributed by atoms with Crippen molar-refractivity contribution in [3.63, 3.8) is 0 Å². The van der Waals surface area contributed by atoms with E-state index in [0.717, 1.165) is 103 Å². The predicted octanol–water partition coefficient (Wildman–Crippen LogP) is 8.11. The number of anilines is 4. The first-order valence-electron chi connectivity index (χ1n) is 17.3. The van der Waals surface area contributed by atoms with Gasteiger partial charge < -0.3 is 30.8 Å². The number of amides is 2. The molecule has 11 heteroatoms. The van der Waals surface area contributed by atoms with Crippen molar-refractivity contribution in [3.05, 3.63) is 71.0 Å². The maximum absolute atomic E-state index is 13.5. The highest BCUT2D eigenvalue weighted by atomic mass is 35.5. The van der Waals surface area contributed by atoms with Crippen molar-refractivity contribution in [1.82, 2.24) is 19.9 Å². The lowest BCUT2D eigenvalue weighted by atomic mass is 9.98. The van der Waals surface area contributed by atoms with Gasteiger partial charge in [0.25, 0.3) is 0 Å². The fourth-order valence-electron chi connectivity index (χ4n) is 6.39. The van der Waals surface area contributed by atoms with Crippen molar-refractivity contribution >= 4 is 46.7 Å². The second kappa shape index (κ2) is 16.0. The van der Waals surface area contributed by atoms with E-state index in [1.165, 1.54) is 12.8 Å². The number of hydrogen-bond acceptors (Lipinski definition) is 6. The minimum atomic E-state index is -0.128. The Morgan fingerprint density at radius 1 is 0.854 bits per heavy atom. The number of fused-ring (bicyclic) bond motifs is 8. The highest BCUT2D eigenvalue weighted by Gasteiger charge is 2.19. The summed E-state index contributed by atoms with van der Waals surface area (Å²) in [5.74, 6) is 1.18. The number of hydrogen-bond donors (Lipinski definition) is 5. The number of carbonyl (C=O) groups is 2. The number of allylic oxidation sites excluding steroid dienone is 1. The van der Waals surface area contributed by atoms with E-state index in [9.17, 15) is 9.59 Å². The smallest absolute Gasteiger partial charge is 0.244 e. The van der Waals surface area contributed by atoms with E-state index in [1.807, 2.05) is 42.3 Å². The van der Waals surface area contributed by atoms with Crippen LogP contribution in [0.2, 0.25) is 5.15 Å². The van der Waals surface area contributed by atoms with Gasteiger partial charge in [0.1, 0.15) is 17.4 Å². The van der Waals surface area contributed by atoms with Crippen LogP contribution in [-0.4, -0.2) is 51.4 Å². The minimum Gasteiger partial charge on any atom is -0.356 e. The summed E-state index contributed by atoms with van der Waals surface area (Å²) in [7, 11) is 0. The first-order chi connectivity index (χ1) is 23.5. The third-order valence-electron chi connectivity index (χ3n) is 8.96. The number of aromatic amines is 2. The fraction of sp³-hybridized carbons (Fsp3) is 0.405. The fourth-order valence-corrected chi connectivity index (χ4v) is 6.62. The van der Waals surface area contributed by atoms with E-state index < -0.39 is 0 Å². The van der Waals surface area contributed by atoms with Gasteiger partial charge in [0.15, 0.2) is 0 Å². The molecule has 252 valence electrons. The lowest BCUT2D eigenvalue weighted by Gasteiger charge is -2.20. The molecule has 0 atom stereocenters. The van der Waals surface area contributed by atoms with E-state index in [-0.39, 0.29) is 18.4 Å². The average molecular weight is 669 g/mol. The van der Waals surface area contributed by atoms with Crippen molar-refractivity contribution in [2.24, 2.45) is 0 Å². The Morgan fingerprint density at radius 3 is 2.38 bits per heavy atom. The van der Waals surface area contributed by atoms with Gasteiger partial charge in [-0.05, 0) is 80.3 Å². The lowest BCUT2D eigenvalue weighted by Crippen LogP contribution is -2.34. The summed E-state index contributed by atoms with van der Waals surface area (Å²) < 4.78 is 0. The molecule has 4 heterocycles. The second-order valence-corrected chi connectivity index (χ2v) is 13.0.